The van der Waals surface area contributed by atoms with Gasteiger partial charge in [0.15, 0.2) is 5.76 Å². The van der Waals surface area contributed by atoms with Crippen LogP contribution in [-0.2, 0) is 10.0 Å². The van der Waals surface area contributed by atoms with Crippen molar-refractivity contribution in [1.82, 2.24) is 14.8 Å². The maximum Gasteiger partial charge on any atom is 0.248 e. The van der Waals surface area contributed by atoms with E-state index in [1.807, 2.05) is 0 Å². The molecule has 1 N–H and O–H groups in total. The molecule has 0 bridgehead atoms. The molecule has 0 aliphatic rings. The molecule has 0 radical (unpaired) electrons. The van der Waals surface area contributed by atoms with Crippen LogP contribution in [0.4, 0.5) is 0 Å². The molecule has 0 aliphatic carbocycles. The third kappa shape index (κ3) is 2.42. The van der Waals surface area contributed by atoms with Crippen LogP contribution in [0.15, 0.2) is 9.42 Å². The van der Waals surface area contributed by atoms with Gasteiger partial charge in [-0.2, -0.15) is 4.31 Å². The van der Waals surface area contributed by atoms with E-state index in [1.165, 1.54) is 4.31 Å². The molecular weight excluding hydrogens is 230 g/mol. The van der Waals surface area contributed by atoms with Crippen molar-refractivity contribution in [2.45, 2.75) is 18.7 Å². The zero-order valence-electron chi connectivity index (χ0n) is 9.94. The summed E-state index contributed by atoms with van der Waals surface area (Å²) in [5, 5.41) is 6.55. The van der Waals surface area contributed by atoms with Gasteiger partial charge in [-0.05, 0) is 20.9 Å². The lowest BCUT2D eigenvalue weighted by atomic mass is 10.4. The minimum absolute atomic E-state index is 0.172. The van der Waals surface area contributed by atoms with Crippen molar-refractivity contribution < 1.29 is 12.9 Å². The molecule has 0 amide bonds. The van der Waals surface area contributed by atoms with Crippen molar-refractivity contribution in [2.75, 3.05) is 27.2 Å². The van der Waals surface area contributed by atoms with Gasteiger partial charge in [-0.3, -0.25) is 0 Å². The van der Waals surface area contributed by atoms with E-state index < -0.39 is 10.0 Å². The number of aryl methyl sites for hydroxylation is 2. The minimum Gasteiger partial charge on any atom is -0.360 e. The standard InChI is InChI=1S/C9H17N3O3S/c1-7-9(8(2)15-11-7)16(13,14)12(4)6-5-10-3/h10H,5-6H2,1-4H3. The molecule has 0 unspecified atom stereocenters. The van der Waals surface area contributed by atoms with Gasteiger partial charge in [0, 0.05) is 20.1 Å². The molecule has 0 fully saturated rings. The lowest BCUT2D eigenvalue weighted by Crippen LogP contribution is -2.33. The Bertz CT molecular complexity index is 433. The van der Waals surface area contributed by atoms with Crippen molar-refractivity contribution in [1.29, 1.82) is 0 Å². The van der Waals surface area contributed by atoms with Gasteiger partial charge in [0.1, 0.15) is 10.6 Å². The first-order valence-corrected chi connectivity index (χ1v) is 6.39. The van der Waals surface area contributed by atoms with E-state index in [-0.39, 0.29) is 4.90 Å². The third-order valence-corrected chi connectivity index (χ3v) is 4.41. The van der Waals surface area contributed by atoms with E-state index in [9.17, 15) is 8.42 Å². The zero-order valence-corrected chi connectivity index (χ0v) is 10.8. The van der Waals surface area contributed by atoms with Gasteiger partial charge < -0.3 is 9.84 Å². The molecule has 1 heterocycles. The molecule has 6 nitrogen and oxygen atoms in total. The number of aromatic nitrogens is 1. The van der Waals surface area contributed by atoms with Crippen LogP contribution in [0.5, 0.6) is 0 Å². The fourth-order valence-electron chi connectivity index (χ4n) is 1.39. The summed E-state index contributed by atoms with van der Waals surface area (Å²) in [6.07, 6.45) is 0. The van der Waals surface area contributed by atoms with Crippen molar-refractivity contribution >= 4 is 10.0 Å². The lowest BCUT2D eigenvalue weighted by Gasteiger charge is -2.16. The van der Waals surface area contributed by atoms with Crippen LogP contribution in [0.1, 0.15) is 11.5 Å². The Labute approximate surface area is 95.7 Å². The monoisotopic (exact) mass is 247 g/mol. The highest BCUT2D eigenvalue weighted by Gasteiger charge is 2.27. The highest BCUT2D eigenvalue weighted by Crippen LogP contribution is 2.21. The Balaban J connectivity index is 3.02. The summed E-state index contributed by atoms with van der Waals surface area (Å²) >= 11 is 0. The first-order chi connectivity index (χ1) is 7.41. The van der Waals surface area contributed by atoms with Crippen LogP contribution < -0.4 is 5.32 Å². The first-order valence-electron chi connectivity index (χ1n) is 4.95. The van der Waals surface area contributed by atoms with Gasteiger partial charge in [0.25, 0.3) is 0 Å². The van der Waals surface area contributed by atoms with E-state index in [2.05, 4.69) is 10.5 Å². The SMILES string of the molecule is CNCCN(C)S(=O)(=O)c1c(C)noc1C. The molecule has 0 spiro atoms. The largest absolute Gasteiger partial charge is 0.360 e. The molecular formula is C9H17N3O3S. The quantitative estimate of drug-likeness (QED) is 0.800. The van der Waals surface area contributed by atoms with Crippen LogP contribution >= 0.6 is 0 Å². The molecule has 7 heteroatoms. The summed E-state index contributed by atoms with van der Waals surface area (Å²) in [5.41, 5.74) is 0.397. The zero-order chi connectivity index (χ0) is 12.3. The first kappa shape index (κ1) is 13.1. The molecule has 0 saturated heterocycles. The number of hydrogen-bond donors (Lipinski definition) is 1. The summed E-state index contributed by atoms with van der Waals surface area (Å²) in [6, 6.07) is 0. The van der Waals surface area contributed by atoms with Gasteiger partial charge in [-0.15, -0.1) is 0 Å². The summed E-state index contributed by atoms with van der Waals surface area (Å²) in [6.45, 7) is 4.22. The number of nitrogens with one attached hydrogen (secondary N) is 1. The third-order valence-electron chi connectivity index (χ3n) is 2.31. The van der Waals surface area contributed by atoms with Crippen LogP contribution in [0, 0.1) is 13.8 Å². The Kier molecular flexibility index (Phi) is 4.06. The van der Waals surface area contributed by atoms with Crippen molar-refractivity contribution in [3.8, 4) is 0 Å². The smallest absolute Gasteiger partial charge is 0.248 e. The second-order valence-corrected chi connectivity index (χ2v) is 5.57. The molecule has 16 heavy (non-hydrogen) atoms. The average Bonchev–Trinajstić information content (AvgIpc) is 2.55. The number of rotatable bonds is 5. The summed E-state index contributed by atoms with van der Waals surface area (Å²) in [5.74, 6) is 0.328. The normalized spacial score (nSPS) is 12.3. The Morgan fingerprint density at radius 1 is 1.44 bits per heavy atom. The van der Waals surface area contributed by atoms with E-state index in [4.69, 9.17) is 4.52 Å². The molecule has 0 saturated carbocycles. The number of likely N-dealkylation sites (N-methyl/N-ethyl adjacent to an activating group) is 2. The van der Waals surface area contributed by atoms with E-state index in [1.54, 1.807) is 27.9 Å². The maximum absolute atomic E-state index is 12.1. The van der Waals surface area contributed by atoms with E-state index in [0.717, 1.165) is 0 Å². The van der Waals surface area contributed by atoms with Crippen LogP contribution in [0.25, 0.3) is 0 Å². The van der Waals surface area contributed by atoms with Gasteiger partial charge in [0.2, 0.25) is 10.0 Å². The highest BCUT2D eigenvalue weighted by molar-refractivity contribution is 7.89. The fourth-order valence-corrected chi connectivity index (χ4v) is 2.84. The molecule has 1 aromatic rings. The maximum atomic E-state index is 12.1. The topological polar surface area (TPSA) is 75.4 Å². The second-order valence-electron chi connectivity index (χ2n) is 3.58. The Morgan fingerprint density at radius 2 is 2.06 bits per heavy atom. The Hall–Kier alpha value is -0.920. The summed E-state index contributed by atoms with van der Waals surface area (Å²) in [7, 11) is -0.178. The van der Waals surface area contributed by atoms with Gasteiger partial charge in [0.05, 0.1) is 0 Å². The van der Waals surface area contributed by atoms with Crippen molar-refractivity contribution in [2.24, 2.45) is 0 Å². The number of nitrogens with zero attached hydrogens (tertiary/aromatic N) is 2. The average molecular weight is 247 g/mol. The molecule has 0 aromatic carbocycles. The van der Waals surface area contributed by atoms with E-state index >= 15 is 0 Å². The number of hydrogen-bond acceptors (Lipinski definition) is 5. The summed E-state index contributed by atoms with van der Waals surface area (Å²) in [4.78, 5) is 0.172. The summed E-state index contributed by atoms with van der Waals surface area (Å²) < 4.78 is 30.4. The lowest BCUT2D eigenvalue weighted by molar-refractivity contribution is 0.389. The molecule has 0 aliphatic heterocycles. The molecule has 1 rings (SSSR count). The van der Waals surface area contributed by atoms with Crippen molar-refractivity contribution in [3.63, 3.8) is 0 Å². The van der Waals surface area contributed by atoms with Crippen LogP contribution in [0.3, 0.4) is 0 Å². The predicted molar refractivity (Wildman–Crippen MR) is 59.7 cm³/mol. The Morgan fingerprint density at radius 3 is 2.50 bits per heavy atom. The van der Waals surface area contributed by atoms with E-state index in [0.29, 0.717) is 24.5 Å². The fraction of sp³-hybridized carbons (Fsp3) is 0.667. The van der Waals surface area contributed by atoms with Crippen molar-refractivity contribution in [3.05, 3.63) is 11.5 Å². The second kappa shape index (κ2) is 4.94. The molecule has 92 valence electrons. The van der Waals surface area contributed by atoms with Crippen LogP contribution in [-0.4, -0.2) is 45.1 Å². The van der Waals surface area contributed by atoms with Gasteiger partial charge >= 0.3 is 0 Å². The van der Waals surface area contributed by atoms with Gasteiger partial charge in [-0.1, -0.05) is 5.16 Å². The van der Waals surface area contributed by atoms with Crippen LogP contribution in [0.2, 0.25) is 0 Å². The highest BCUT2D eigenvalue weighted by atomic mass is 32.2. The number of sulfonamides is 1. The minimum atomic E-state index is -3.49. The van der Waals surface area contributed by atoms with Gasteiger partial charge in [-0.25, -0.2) is 8.42 Å². The predicted octanol–water partition coefficient (Wildman–Crippen LogP) is 0.131. The molecule has 1 aromatic heterocycles. The molecule has 0 atom stereocenters.